The van der Waals surface area contributed by atoms with Gasteiger partial charge in [0.15, 0.2) is 5.76 Å². The zero-order valence-electron chi connectivity index (χ0n) is 17.1. The van der Waals surface area contributed by atoms with E-state index in [0.717, 1.165) is 11.1 Å². The van der Waals surface area contributed by atoms with Gasteiger partial charge in [0.25, 0.3) is 0 Å². The summed E-state index contributed by atoms with van der Waals surface area (Å²) >= 11 is 0. The molecule has 156 valence electrons. The molecule has 0 amide bonds. The lowest BCUT2D eigenvalue weighted by Crippen LogP contribution is -2.13. The lowest BCUT2D eigenvalue weighted by Gasteiger charge is -2.14. The fourth-order valence-electron chi connectivity index (χ4n) is 3.61. The minimum Gasteiger partial charge on any atom is -0.481 e. The summed E-state index contributed by atoms with van der Waals surface area (Å²) in [5.41, 5.74) is 2.28. The summed E-state index contributed by atoms with van der Waals surface area (Å²) in [4.78, 5) is 25.0. The van der Waals surface area contributed by atoms with E-state index < -0.39 is 11.9 Å². The molecule has 0 saturated heterocycles. The number of carboxylic acid groups (broad SMARTS) is 1. The summed E-state index contributed by atoms with van der Waals surface area (Å²) in [5, 5.41) is 9.80. The molecule has 4 rings (SSSR count). The van der Waals surface area contributed by atoms with Crippen LogP contribution in [-0.4, -0.2) is 11.1 Å². The van der Waals surface area contributed by atoms with Crippen molar-refractivity contribution in [3.05, 3.63) is 100 Å². The highest BCUT2D eigenvalue weighted by Gasteiger charge is 2.22. The Morgan fingerprint density at radius 1 is 1.00 bits per heavy atom. The van der Waals surface area contributed by atoms with Gasteiger partial charge in [-0.1, -0.05) is 73.7 Å². The number of carboxylic acids is 1. The summed E-state index contributed by atoms with van der Waals surface area (Å²) in [6.45, 7) is 2.02. The molecule has 3 aromatic carbocycles. The first kappa shape index (κ1) is 20.4. The second-order valence-electron chi connectivity index (χ2n) is 7.28. The summed E-state index contributed by atoms with van der Waals surface area (Å²) in [7, 11) is 0. The number of carbonyl (C=O) groups is 1. The second-order valence-corrected chi connectivity index (χ2v) is 7.28. The lowest BCUT2D eigenvalue weighted by atomic mass is 9.95. The van der Waals surface area contributed by atoms with Crippen LogP contribution < -0.4 is 10.2 Å². The highest BCUT2D eigenvalue weighted by atomic mass is 16.5. The fourth-order valence-corrected chi connectivity index (χ4v) is 3.61. The van der Waals surface area contributed by atoms with Crippen LogP contribution in [0.2, 0.25) is 0 Å². The zero-order chi connectivity index (χ0) is 21.8. The standard InChI is InChI=1S/C26H22O5/c1-2-20(26(28)29)19-13-14-22-21(15-19)23(27)25(30-16-17-9-5-3-6-10-17)24(31-22)18-11-7-4-8-12-18/h3-15,20H,2,16H2,1H3,(H,28,29). The van der Waals surface area contributed by atoms with Crippen molar-refractivity contribution >= 4 is 16.9 Å². The topological polar surface area (TPSA) is 76.7 Å². The van der Waals surface area contributed by atoms with Crippen molar-refractivity contribution < 1.29 is 19.1 Å². The third kappa shape index (κ3) is 4.21. The normalized spacial score (nSPS) is 11.9. The average Bonchev–Trinajstić information content (AvgIpc) is 2.80. The molecule has 0 aliphatic carbocycles. The average molecular weight is 414 g/mol. The maximum Gasteiger partial charge on any atom is 0.310 e. The molecular formula is C26H22O5. The van der Waals surface area contributed by atoms with E-state index in [1.54, 1.807) is 25.1 Å². The predicted octanol–water partition coefficient (Wildman–Crippen LogP) is 5.62. The van der Waals surface area contributed by atoms with E-state index in [4.69, 9.17) is 9.15 Å². The first-order valence-electron chi connectivity index (χ1n) is 10.1. The van der Waals surface area contributed by atoms with Crippen LogP contribution in [0, 0.1) is 0 Å². The van der Waals surface area contributed by atoms with Crippen LogP contribution in [0.3, 0.4) is 0 Å². The van der Waals surface area contributed by atoms with E-state index in [0.29, 0.717) is 28.7 Å². The number of ether oxygens (including phenoxy) is 1. The van der Waals surface area contributed by atoms with Crippen molar-refractivity contribution in [2.24, 2.45) is 0 Å². The number of hydrogen-bond donors (Lipinski definition) is 1. The van der Waals surface area contributed by atoms with E-state index in [2.05, 4.69) is 0 Å². The van der Waals surface area contributed by atoms with Gasteiger partial charge in [-0.05, 0) is 29.7 Å². The number of fused-ring (bicyclic) bond motifs is 1. The molecule has 1 heterocycles. The summed E-state index contributed by atoms with van der Waals surface area (Å²) in [6, 6.07) is 23.8. The smallest absolute Gasteiger partial charge is 0.310 e. The van der Waals surface area contributed by atoms with Crippen LogP contribution in [0.1, 0.15) is 30.4 Å². The molecule has 0 aliphatic rings. The first-order valence-corrected chi connectivity index (χ1v) is 10.1. The molecule has 0 aliphatic heterocycles. The molecule has 31 heavy (non-hydrogen) atoms. The molecule has 0 fully saturated rings. The van der Waals surface area contributed by atoms with Crippen LogP contribution in [0.25, 0.3) is 22.3 Å². The first-order chi connectivity index (χ1) is 15.1. The van der Waals surface area contributed by atoms with Gasteiger partial charge in [-0.2, -0.15) is 0 Å². The minimum absolute atomic E-state index is 0.114. The molecule has 5 nitrogen and oxygen atoms in total. The maximum atomic E-state index is 13.4. The SMILES string of the molecule is CCC(C(=O)O)c1ccc2oc(-c3ccccc3)c(OCc3ccccc3)c(=O)c2c1. The van der Waals surface area contributed by atoms with Gasteiger partial charge in [0.05, 0.1) is 11.3 Å². The van der Waals surface area contributed by atoms with Gasteiger partial charge in [0.2, 0.25) is 11.2 Å². The summed E-state index contributed by atoms with van der Waals surface area (Å²) in [5.74, 6) is -1.14. The van der Waals surface area contributed by atoms with Gasteiger partial charge in [0, 0.05) is 5.56 Å². The van der Waals surface area contributed by atoms with Gasteiger partial charge in [-0.3, -0.25) is 9.59 Å². The molecular weight excluding hydrogens is 392 g/mol. The Morgan fingerprint density at radius 3 is 2.32 bits per heavy atom. The van der Waals surface area contributed by atoms with E-state index in [1.165, 1.54) is 0 Å². The monoisotopic (exact) mass is 414 g/mol. The Morgan fingerprint density at radius 2 is 1.68 bits per heavy atom. The van der Waals surface area contributed by atoms with E-state index in [1.807, 2.05) is 60.7 Å². The molecule has 0 bridgehead atoms. The Labute approximate surface area is 179 Å². The predicted molar refractivity (Wildman–Crippen MR) is 119 cm³/mol. The molecule has 1 unspecified atom stereocenters. The van der Waals surface area contributed by atoms with Gasteiger partial charge in [-0.25, -0.2) is 0 Å². The van der Waals surface area contributed by atoms with Crippen molar-refractivity contribution in [3.8, 4) is 17.1 Å². The highest BCUT2D eigenvalue weighted by molar-refractivity contribution is 5.85. The fraction of sp³-hybridized carbons (Fsp3) is 0.154. The Kier molecular flexibility index (Phi) is 5.85. The third-order valence-corrected chi connectivity index (χ3v) is 5.24. The van der Waals surface area contributed by atoms with Crippen LogP contribution in [0.5, 0.6) is 5.75 Å². The van der Waals surface area contributed by atoms with Crippen LogP contribution in [0.15, 0.2) is 88.1 Å². The molecule has 1 atom stereocenters. The van der Waals surface area contributed by atoms with Gasteiger partial charge in [-0.15, -0.1) is 0 Å². The number of rotatable bonds is 7. The molecule has 0 radical (unpaired) electrons. The van der Waals surface area contributed by atoms with Crippen LogP contribution in [0.4, 0.5) is 0 Å². The zero-order valence-corrected chi connectivity index (χ0v) is 17.1. The minimum atomic E-state index is -0.923. The summed E-state index contributed by atoms with van der Waals surface area (Å²) in [6.07, 6.45) is 0.422. The molecule has 4 aromatic rings. The van der Waals surface area contributed by atoms with Gasteiger partial charge >= 0.3 is 5.97 Å². The Bertz CT molecular complexity index is 1260. The van der Waals surface area contributed by atoms with Crippen molar-refractivity contribution in [2.75, 3.05) is 0 Å². The number of benzene rings is 3. The van der Waals surface area contributed by atoms with Crippen LogP contribution >= 0.6 is 0 Å². The Hall–Kier alpha value is -3.86. The molecule has 1 N–H and O–H groups in total. The highest BCUT2D eigenvalue weighted by Crippen LogP contribution is 2.32. The second kappa shape index (κ2) is 8.88. The lowest BCUT2D eigenvalue weighted by molar-refractivity contribution is -0.138. The van der Waals surface area contributed by atoms with E-state index >= 15 is 0 Å². The van der Waals surface area contributed by atoms with E-state index in [-0.39, 0.29) is 17.8 Å². The largest absolute Gasteiger partial charge is 0.481 e. The quantitative estimate of drug-likeness (QED) is 0.425. The molecule has 1 aromatic heterocycles. The van der Waals surface area contributed by atoms with Crippen LogP contribution in [-0.2, 0) is 11.4 Å². The van der Waals surface area contributed by atoms with Crippen molar-refractivity contribution in [2.45, 2.75) is 25.9 Å². The third-order valence-electron chi connectivity index (χ3n) is 5.24. The molecule has 0 spiro atoms. The maximum absolute atomic E-state index is 13.4. The number of hydrogen-bond acceptors (Lipinski definition) is 4. The molecule has 0 saturated carbocycles. The van der Waals surface area contributed by atoms with Crippen molar-refractivity contribution in [1.29, 1.82) is 0 Å². The van der Waals surface area contributed by atoms with Crippen molar-refractivity contribution in [1.82, 2.24) is 0 Å². The van der Waals surface area contributed by atoms with E-state index in [9.17, 15) is 14.7 Å². The Balaban J connectivity index is 1.86. The summed E-state index contributed by atoms with van der Waals surface area (Å²) < 4.78 is 12.1. The van der Waals surface area contributed by atoms with Gasteiger partial charge in [0.1, 0.15) is 12.2 Å². The van der Waals surface area contributed by atoms with Crippen molar-refractivity contribution in [3.63, 3.8) is 0 Å². The number of aliphatic carboxylic acids is 1. The van der Waals surface area contributed by atoms with Gasteiger partial charge < -0.3 is 14.3 Å². The molecule has 5 heteroatoms.